The zero-order valence-corrected chi connectivity index (χ0v) is 13.4. The number of benzene rings is 1. The largest absolute Gasteiger partial charge is 0.354 e. The van der Waals surface area contributed by atoms with Crippen LogP contribution >= 0.6 is 11.6 Å². The van der Waals surface area contributed by atoms with E-state index in [1.54, 1.807) is 6.20 Å². The smallest absolute Gasteiger partial charge is 0.224 e. The van der Waals surface area contributed by atoms with E-state index < -0.39 is 0 Å². The summed E-state index contributed by atoms with van der Waals surface area (Å²) in [5.41, 5.74) is 1.09. The van der Waals surface area contributed by atoms with Crippen molar-refractivity contribution in [3.8, 4) is 0 Å². The summed E-state index contributed by atoms with van der Waals surface area (Å²) >= 11 is 6.28. The molecule has 0 radical (unpaired) electrons. The molecule has 0 fully saturated rings. The average molecular weight is 305 g/mol. The highest BCUT2D eigenvalue weighted by atomic mass is 35.5. The third kappa shape index (κ3) is 3.85. The van der Waals surface area contributed by atoms with Crippen molar-refractivity contribution in [2.45, 2.75) is 26.3 Å². The van der Waals surface area contributed by atoms with Gasteiger partial charge in [0, 0.05) is 24.8 Å². The predicted molar refractivity (Wildman–Crippen MR) is 89.1 cm³/mol. The maximum atomic E-state index is 6.28. The van der Waals surface area contributed by atoms with Crippen LogP contribution in [0.2, 0.25) is 5.02 Å². The van der Waals surface area contributed by atoms with Crippen molar-refractivity contribution in [1.29, 1.82) is 0 Å². The van der Waals surface area contributed by atoms with E-state index in [4.69, 9.17) is 11.6 Å². The highest BCUT2D eigenvalue weighted by Crippen LogP contribution is 2.29. The quantitative estimate of drug-likeness (QED) is 0.870. The van der Waals surface area contributed by atoms with Crippen LogP contribution in [0.15, 0.2) is 36.5 Å². The van der Waals surface area contributed by atoms with E-state index in [9.17, 15) is 0 Å². The number of hydrogen-bond donors (Lipinski definition) is 1. The van der Waals surface area contributed by atoms with Crippen molar-refractivity contribution in [2.24, 2.45) is 0 Å². The summed E-state index contributed by atoms with van der Waals surface area (Å²) in [5, 5.41) is 3.98. The summed E-state index contributed by atoms with van der Waals surface area (Å²) in [4.78, 5) is 10.9. The van der Waals surface area contributed by atoms with Crippen molar-refractivity contribution in [1.82, 2.24) is 9.97 Å². The molecule has 0 saturated carbocycles. The SMILES string of the molecule is CCCNc1nccc(N(C)C(C)c2ccccc2Cl)n1. The molecule has 0 bridgehead atoms. The van der Waals surface area contributed by atoms with E-state index in [0.717, 1.165) is 29.4 Å². The molecule has 1 N–H and O–H groups in total. The van der Waals surface area contributed by atoms with E-state index in [-0.39, 0.29) is 6.04 Å². The van der Waals surface area contributed by atoms with Crippen molar-refractivity contribution < 1.29 is 0 Å². The van der Waals surface area contributed by atoms with Crippen molar-refractivity contribution >= 4 is 23.4 Å². The Balaban J connectivity index is 2.19. The zero-order chi connectivity index (χ0) is 15.2. The molecule has 1 unspecified atom stereocenters. The van der Waals surface area contributed by atoms with Crippen LogP contribution in [0.25, 0.3) is 0 Å². The van der Waals surface area contributed by atoms with Crippen LogP contribution in [-0.4, -0.2) is 23.6 Å². The summed E-state index contributed by atoms with van der Waals surface area (Å²) in [6, 6.07) is 9.93. The van der Waals surface area contributed by atoms with E-state index in [2.05, 4.69) is 34.0 Å². The Morgan fingerprint density at radius 1 is 1.29 bits per heavy atom. The van der Waals surface area contributed by atoms with Crippen molar-refractivity contribution in [3.05, 3.63) is 47.1 Å². The fraction of sp³-hybridized carbons (Fsp3) is 0.375. The highest BCUT2D eigenvalue weighted by Gasteiger charge is 2.16. The molecule has 5 heteroatoms. The molecule has 0 aliphatic rings. The maximum absolute atomic E-state index is 6.28. The highest BCUT2D eigenvalue weighted by molar-refractivity contribution is 6.31. The Labute approximate surface area is 131 Å². The number of aromatic nitrogens is 2. The summed E-state index contributed by atoms with van der Waals surface area (Å²) in [6.07, 6.45) is 2.82. The van der Waals surface area contributed by atoms with Gasteiger partial charge in [0.2, 0.25) is 5.95 Å². The molecule has 0 aliphatic carbocycles. The van der Waals surface area contributed by atoms with E-state index >= 15 is 0 Å². The van der Waals surface area contributed by atoms with Gasteiger partial charge >= 0.3 is 0 Å². The standard InChI is InChI=1S/C16H21ClN4/c1-4-10-18-16-19-11-9-15(20-16)21(3)12(2)13-7-5-6-8-14(13)17/h5-9,11-12H,4,10H2,1-3H3,(H,18,19,20). The minimum absolute atomic E-state index is 0.132. The molecule has 0 amide bonds. The molecule has 2 rings (SSSR count). The fourth-order valence-corrected chi connectivity index (χ4v) is 2.38. The van der Waals surface area contributed by atoms with E-state index in [1.807, 2.05) is 37.4 Å². The van der Waals surface area contributed by atoms with E-state index in [1.165, 1.54) is 0 Å². The molecular weight excluding hydrogens is 284 g/mol. The first-order chi connectivity index (χ1) is 10.1. The second-order valence-corrected chi connectivity index (χ2v) is 5.38. The Morgan fingerprint density at radius 3 is 2.76 bits per heavy atom. The van der Waals surface area contributed by atoms with Gasteiger partial charge in [0.05, 0.1) is 6.04 Å². The molecule has 0 saturated heterocycles. The molecule has 1 aromatic heterocycles. The van der Waals surface area contributed by atoms with Gasteiger partial charge in [-0.15, -0.1) is 0 Å². The first-order valence-corrected chi connectivity index (χ1v) is 7.55. The Hall–Kier alpha value is -1.81. The van der Waals surface area contributed by atoms with Crippen LogP contribution in [0.4, 0.5) is 11.8 Å². The minimum atomic E-state index is 0.132. The van der Waals surface area contributed by atoms with Crippen LogP contribution in [0.5, 0.6) is 0 Å². The van der Waals surface area contributed by atoms with Crippen molar-refractivity contribution in [3.63, 3.8) is 0 Å². The molecule has 112 valence electrons. The normalized spacial score (nSPS) is 12.0. The van der Waals surface area contributed by atoms with Crippen LogP contribution in [0, 0.1) is 0 Å². The number of nitrogens with zero attached hydrogens (tertiary/aromatic N) is 3. The minimum Gasteiger partial charge on any atom is -0.354 e. The van der Waals surface area contributed by atoms with E-state index in [0.29, 0.717) is 5.95 Å². The topological polar surface area (TPSA) is 41.1 Å². The lowest BCUT2D eigenvalue weighted by Crippen LogP contribution is -2.23. The second-order valence-electron chi connectivity index (χ2n) is 4.97. The Kier molecular flexibility index (Phi) is 5.39. The van der Waals surface area contributed by atoms with Gasteiger partial charge in [-0.25, -0.2) is 4.98 Å². The summed E-state index contributed by atoms with van der Waals surface area (Å²) in [6.45, 7) is 5.10. The van der Waals surface area contributed by atoms with Gasteiger partial charge < -0.3 is 10.2 Å². The zero-order valence-electron chi connectivity index (χ0n) is 12.7. The Morgan fingerprint density at radius 2 is 2.05 bits per heavy atom. The van der Waals surface area contributed by atoms with Crippen LogP contribution in [-0.2, 0) is 0 Å². The van der Waals surface area contributed by atoms with Gasteiger partial charge in [0.25, 0.3) is 0 Å². The van der Waals surface area contributed by atoms with Gasteiger partial charge in [0.15, 0.2) is 0 Å². The summed E-state index contributed by atoms with van der Waals surface area (Å²) in [7, 11) is 2.01. The van der Waals surface area contributed by atoms with Gasteiger partial charge in [0.1, 0.15) is 5.82 Å². The van der Waals surface area contributed by atoms with Gasteiger partial charge in [-0.1, -0.05) is 36.7 Å². The van der Waals surface area contributed by atoms with Crippen LogP contribution in [0.3, 0.4) is 0 Å². The van der Waals surface area contributed by atoms with Crippen molar-refractivity contribution in [2.75, 3.05) is 23.8 Å². The Bertz CT molecular complexity index is 588. The molecule has 1 aromatic carbocycles. The molecule has 0 spiro atoms. The summed E-state index contributed by atoms with van der Waals surface area (Å²) < 4.78 is 0. The van der Waals surface area contributed by atoms with Crippen LogP contribution < -0.4 is 10.2 Å². The number of nitrogens with one attached hydrogen (secondary N) is 1. The lowest BCUT2D eigenvalue weighted by molar-refractivity contribution is 0.727. The third-order valence-electron chi connectivity index (χ3n) is 3.47. The number of halogens is 1. The molecule has 21 heavy (non-hydrogen) atoms. The molecule has 2 aromatic rings. The maximum Gasteiger partial charge on any atom is 0.224 e. The number of anilines is 2. The molecule has 1 heterocycles. The van der Waals surface area contributed by atoms with Crippen LogP contribution in [0.1, 0.15) is 31.9 Å². The first-order valence-electron chi connectivity index (χ1n) is 7.17. The second kappa shape index (κ2) is 7.27. The average Bonchev–Trinajstić information content (AvgIpc) is 2.52. The van der Waals surface area contributed by atoms with Gasteiger partial charge in [-0.05, 0) is 31.0 Å². The lowest BCUT2D eigenvalue weighted by Gasteiger charge is -2.27. The predicted octanol–water partition coefficient (Wildman–Crippen LogP) is 4.15. The number of rotatable bonds is 6. The number of hydrogen-bond acceptors (Lipinski definition) is 4. The molecule has 0 aliphatic heterocycles. The lowest BCUT2D eigenvalue weighted by atomic mass is 10.1. The third-order valence-corrected chi connectivity index (χ3v) is 3.82. The fourth-order valence-electron chi connectivity index (χ4n) is 2.09. The molecule has 4 nitrogen and oxygen atoms in total. The molecule has 1 atom stereocenters. The van der Waals surface area contributed by atoms with Gasteiger partial charge in [-0.3, -0.25) is 0 Å². The monoisotopic (exact) mass is 304 g/mol. The molecular formula is C16H21ClN4. The summed E-state index contributed by atoms with van der Waals surface area (Å²) in [5.74, 6) is 1.53. The van der Waals surface area contributed by atoms with Gasteiger partial charge in [-0.2, -0.15) is 4.98 Å². The first kappa shape index (κ1) is 15.6.